The Morgan fingerprint density at radius 2 is 2.22 bits per heavy atom. The van der Waals surface area contributed by atoms with E-state index in [9.17, 15) is 0 Å². The van der Waals surface area contributed by atoms with Gasteiger partial charge in [0.2, 0.25) is 0 Å². The quantitative estimate of drug-likeness (QED) is 0.753. The second kappa shape index (κ2) is 7.57. The van der Waals surface area contributed by atoms with Gasteiger partial charge in [0.1, 0.15) is 17.6 Å². The average Bonchev–Trinajstić information content (AvgIpc) is 2.40. The maximum Gasteiger partial charge on any atom is 0.181 e. The summed E-state index contributed by atoms with van der Waals surface area (Å²) >= 11 is 0. The number of nitriles is 1. The molecule has 1 atom stereocenters. The maximum atomic E-state index is 8.81. The SMILES string of the molecule is CCCNCc1ccc(OC)cc1OC(C)C#N. The first kappa shape index (κ1) is 14.3. The van der Waals surface area contributed by atoms with Gasteiger partial charge in [-0.2, -0.15) is 5.26 Å². The second-order valence-corrected chi connectivity index (χ2v) is 4.04. The predicted molar refractivity (Wildman–Crippen MR) is 70.7 cm³/mol. The summed E-state index contributed by atoms with van der Waals surface area (Å²) < 4.78 is 10.8. The lowest BCUT2D eigenvalue weighted by molar-refractivity contribution is 0.271. The van der Waals surface area contributed by atoms with Gasteiger partial charge >= 0.3 is 0 Å². The molecular formula is C14H20N2O2. The molecule has 0 aromatic heterocycles. The fourth-order valence-electron chi connectivity index (χ4n) is 1.53. The van der Waals surface area contributed by atoms with Crippen molar-refractivity contribution in [2.45, 2.75) is 32.9 Å². The molecule has 0 saturated heterocycles. The zero-order chi connectivity index (χ0) is 13.4. The Bertz CT molecular complexity index is 413. The smallest absolute Gasteiger partial charge is 0.181 e. The van der Waals surface area contributed by atoms with Gasteiger partial charge in [-0.1, -0.05) is 13.0 Å². The van der Waals surface area contributed by atoms with Gasteiger partial charge in [-0.05, 0) is 26.0 Å². The summed E-state index contributed by atoms with van der Waals surface area (Å²) in [6.07, 6.45) is 0.614. The Balaban J connectivity index is 2.83. The van der Waals surface area contributed by atoms with Crippen LogP contribution in [-0.4, -0.2) is 19.8 Å². The van der Waals surface area contributed by atoms with Crippen LogP contribution in [-0.2, 0) is 6.54 Å². The first-order chi connectivity index (χ1) is 8.71. The normalized spacial score (nSPS) is 11.7. The second-order valence-electron chi connectivity index (χ2n) is 4.04. The number of hydrogen-bond acceptors (Lipinski definition) is 4. The van der Waals surface area contributed by atoms with E-state index in [2.05, 4.69) is 18.3 Å². The van der Waals surface area contributed by atoms with Crippen molar-refractivity contribution in [3.63, 3.8) is 0 Å². The Morgan fingerprint density at radius 3 is 2.83 bits per heavy atom. The monoisotopic (exact) mass is 248 g/mol. The maximum absolute atomic E-state index is 8.81. The van der Waals surface area contributed by atoms with Crippen LogP contribution >= 0.6 is 0 Å². The first-order valence-electron chi connectivity index (χ1n) is 6.15. The first-order valence-corrected chi connectivity index (χ1v) is 6.15. The van der Waals surface area contributed by atoms with Crippen LogP contribution in [0.25, 0.3) is 0 Å². The lowest BCUT2D eigenvalue weighted by Gasteiger charge is -2.14. The van der Waals surface area contributed by atoms with Crippen LogP contribution in [0.2, 0.25) is 0 Å². The highest BCUT2D eigenvalue weighted by atomic mass is 16.5. The van der Waals surface area contributed by atoms with Crippen LogP contribution in [0.1, 0.15) is 25.8 Å². The molecule has 0 heterocycles. The fraction of sp³-hybridized carbons (Fsp3) is 0.500. The van der Waals surface area contributed by atoms with Crippen LogP contribution in [0.4, 0.5) is 0 Å². The van der Waals surface area contributed by atoms with E-state index in [1.165, 1.54) is 0 Å². The number of ether oxygens (including phenoxy) is 2. The minimum atomic E-state index is -0.470. The number of rotatable bonds is 7. The third kappa shape index (κ3) is 4.27. The van der Waals surface area contributed by atoms with Crippen molar-refractivity contribution >= 4 is 0 Å². The Hall–Kier alpha value is -1.73. The van der Waals surface area contributed by atoms with E-state index in [0.717, 1.165) is 30.8 Å². The third-order valence-corrected chi connectivity index (χ3v) is 2.50. The highest BCUT2D eigenvalue weighted by Crippen LogP contribution is 2.25. The van der Waals surface area contributed by atoms with Crippen molar-refractivity contribution in [2.75, 3.05) is 13.7 Å². The molecule has 1 N–H and O–H groups in total. The summed E-state index contributed by atoms with van der Waals surface area (Å²) in [6.45, 7) is 5.53. The van der Waals surface area contributed by atoms with Gasteiger partial charge < -0.3 is 14.8 Å². The zero-order valence-corrected chi connectivity index (χ0v) is 11.2. The van der Waals surface area contributed by atoms with Gasteiger partial charge in [0.15, 0.2) is 6.10 Å². The van der Waals surface area contributed by atoms with Crippen LogP contribution in [0, 0.1) is 11.3 Å². The van der Waals surface area contributed by atoms with E-state index >= 15 is 0 Å². The summed E-state index contributed by atoms with van der Waals surface area (Å²) in [5, 5.41) is 12.1. The zero-order valence-electron chi connectivity index (χ0n) is 11.2. The van der Waals surface area contributed by atoms with Crippen molar-refractivity contribution in [3.05, 3.63) is 23.8 Å². The van der Waals surface area contributed by atoms with Gasteiger partial charge in [0.25, 0.3) is 0 Å². The molecule has 1 rings (SSSR count). The Labute approximate surface area is 109 Å². The van der Waals surface area contributed by atoms with Crippen molar-refractivity contribution in [1.82, 2.24) is 5.32 Å². The number of methoxy groups -OCH3 is 1. The molecule has 0 spiro atoms. The number of benzene rings is 1. The predicted octanol–water partition coefficient (Wildman–Crippen LogP) is 2.49. The molecule has 1 aromatic rings. The molecular weight excluding hydrogens is 228 g/mol. The topological polar surface area (TPSA) is 54.3 Å². The van der Waals surface area contributed by atoms with Crippen LogP contribution in [0.3, 0.4) is 0 Å². The summed E-state index contributed by atoms with van der Waals surface area (Å²) in [7, 11) is 1.61. The lowest BCUT2D eigenvalue weighted by Crippen LogP contribution is -2.16. The molecule has 0 radical (unpaired) electrons. The van der Waals surface area contributed by atoms with Crippen molar-refractivity contribution in [3.8, 4) is 17.6 Å². The van der Waals surface area contributed by atoms with E-state index in [0.29, 0.717) is 5.75 Å². The Morgan fingerprint density at radius 1 is 1.44 bits per heavy atom. The molecule has 0 bridgehead atoms. The summed E-state index contributed by atoms with van der Waals surface area (Å²) in [5.41, 5.74) is 1.03. The van der Waals surface area contributed by atoms with Gasteiger partial charge in [-0.25, -0.2) is 0 Å². The van der Waals surface area contributed by atoms with Crippen LogP contribution in [0.15, 0.2) is 18.2 Å². The van der Waals surface area contributed by atoms with E-state index < -0.39 is 6.10 Å². The van der Waals surface area contributed by atoms with Crippen LogP contribution < -0.4 is 14.8 Å². The molecule has 0 fully saturated rings. The van der Waals surface area contributed by atoms with E-state index in [-0.39, 0.29) is 0 Å². The number of hydrogen-bond donors (Lipinski definition) is 1. The van der Waals surface area contributed by atoms with Crippen molar-refractivity contribution in [1.29, 1.82) is 5.26 Å². The fourth-order valence-corrected chi connectivity index (χ4v) is 1.53. The van der Waals surface area contributed by atoms with Crippen LogP contribution in [0.5, 0.6) is 11.5 Å². The third-order valence-electron chi connectivity index (χ3n) is 2.50. The molecule has 0 aliphatic heterocycles. The van der Waals surface area contributed by atoms with Gasteiger partial charge in [0, 0.05) is 18.2 Å². The molecule has 18 heavy (non-hydrogen) atoms. The van der Waals surface area contributed by atoms with Gasteiger partial charge in [-0.15, -0.1) is 0 Å². The largest absolute Gasteiger partial charge is 0.497 e. The van der Waals surface area contributed by atoms with Crippen molar-refractivity contribution < 1.29 is 9.47 Å². The Kier molecular flexibility index (Phi) is 6.03. The molecule has 0 aliphatic rings. The van der Waals surface area contributed by atoms with E-state index in [1.807, 2.05) is 18.2 Å². The van der Waals surface area contributed by atoms with E-state index in [1.54, 1.807) is 14.0 Å². The molecule has 1 unspecified atom stereocenters. The lowest BCUT2D eigenvalue weighted by atomic mass is 10.2. The number of nitrogens with zero attached hydrogens (tertiary/aromatic N) is 1. The summed E-state index contributed by atoms with van der Waals surface area (Å²) in [4.78, 5) is 0. The molecule has 4 heteroatoms. The summed E-state index contributed by atoms with van der Waals surface area (Å²) in [6, 6.07) is 7.73. The minimum absolute atomic E-state index is 0.470. The molecule has 0 saturated carbocycles. The molecule has 98 valence electrons. The highest BCUT2D eigenvalue weighted by Gasteiger charge is 2.09. The van der Waals surface area contributed by atoms with Crippen molar-refractivity contribution in [2.24, 2.45) is 0 Å². The average molecular weight is 248 g/mol. The highest BCUT2D eigenvalue weighted by molar-refractivity contribution is 5.41. The van der Waals surface area contributed by atoms with Gasteiger partial charge in [-0.3, -0.25) is 0 Å². The molecule has 4 nitrogen and oxygen atoms in total. The molecule has 1 aromatic carbocycles. The number of nitrogens with one attached hydrogen (secondary N) is 1. The molecule has 0 amide bonds. The minimum Gasteiger partial charge on any atom is -0.497 e. The molecule has 0 aliphatic carbocycles. The van der Waals surface area contributed by atoms with E-state index in [4.69, 9.17) is 14.7 Å². The summed E-state index contributed by atoms with van der Waals surface area (Å²) in [5.74, 6) is 1.43. The standard InChI is InChI=1S/C14H20N2O2/c1-4-7-16-10-12-5-6-13(17-3)8-14(12)18-11(2)9-15/h5-6,8,11,16H,4,7,10H2,1-3H3. The van der Waals surface area contributed by atoms with Gasteiger partial charge in [0.05, 0.1) is 7.11 Å².